The molecule has 0 aromatic heterocycles. The maximum atomic E-state index is 5.78. The average molecular weight is 214 g/mol. The Hall–Kier alpha value is -0.160. The quantitative estimate of drug-likeness (QED) is 0.721. The highest BCUT2D eigenvalue weighted by Crippen LogP contribution is 2.17. The van der Waals surface area contributed by atoms with Gasteiger partial charge in [0.15, 0.2) is 0 Å². The molecule has 2 aliphatic rings. The highest BCUT2D eigenvalue weighted by atomic mass is 16.5. The van der Waals surface area contributed by atoms with Crippen LogP contribution in [-0.2, 0) is 9.47 Å². The lowest BCUT2D eigenvalue weighted by molar-refractivity contribution is -0.0302. The van der Waals surface area contributed by atoms with Gasteiger partial charge in [-0.05, 0) is 20.4 Å². The molecule has 88 valence electrons. The normalized spacial score (nSPS) is 34.6. The second kappa shape index (κ2) is 5.25. The van der Waals surface area contributed by atoms with E-state index >= 15 is 0 Å². The number of nitrogens with one attached hydrogen (secondary N) is 1. The summed E-state index contributed by atoms with van der Waals surface area (Å²) >= 11 is 0. The third kappa shape index (κ3) is 2.69. The molecule has 3 unspecified atom stereocenters. The third-order valence-electron chi connectivity index (χ3n) is 3.62. The molecule has 1 N–H and O–H groups in total. The number of nitrogens with zero attached hydrogens (tertiary/aromatic N) is 1. The molecule has 2 fully saturated rings. The first-order valence-corrected chi connectivity index (χ1v) is 5.91. The molecule has 0 amide bonds. The van der Waals surface area contributed by atoms with Gasteiger partial charge < -0.3 is 14.8 Å². The van der Waals surface area contributed by atoms with Crippen molar-refractivity contribution < 1.29 is 9.47 Å². The Balaban J connectivity index is 1.84. The molecule has 0 saturated carbocycles. The Bertz CT molecular complexity index is 189. The summed E-state index contributed by atoms with van der Waals surface area (Å²) in [7, 11) is 2.18. The van der Waals surface area contributed by atoms with E-state index in [4.69, 9.17) is 9.47 Å². The first-order valence-electron chi connectivity index (χ1n) is 5.91. The van der Waals surface area contributed by atoms with Crippen LogP contribution in [-0.4, -0.2) is 63.0 Å². The lowest BCUT2D eigenvalue weighted by Crippen LogP contribution is -2.52. The SMILES string of the molecule is CC(C1CNCCO1)N(C)C1CCOC1. The van der Waals surface area contributed by atoms with E-state index < -0.39 is 0 Å². The Morgan fingerprint density at radius 2 is 2.27 bits per heavy atom. The third-order valence-corrected chi connectivity index (χ3v) is 3.62. The summed E-state index contributed by atoms with van der Waals surface area (Å²) in [5, 5.41) is 3.38. The Labute approximate surface area is 91.9 Å². The van der Waals surface area contributed by atoms with E-state index in [2.05, 4.69) is 24.2 Å². The number of hydrogen-bond donors (Lipinski definition) is 1. The van der Waals surface area contributed by atoms with Gasteiger partial charge in [-0.25, -0.2) is 0 Å². The molecular weight excluding hydrogens is 192 g/mol. The van der Waals surface area contributed by atoms with Gasteiger partial charge >= 0.3 is 0 Å². The number of morpholine rings is 1. The van der Waals surface area contributed by atoms with E-state index in [-0.39, 0.29) is 0 Å². The molecule has 0 bridgehead atoms. The molecule has 0 aliphatic carbocycles. The zero-order chi connectivity index (χ0) is 10.7. The van der Waals surface area contributed by atoms with Crippen LogP contribution in [0.15, 0.2) is 0 Å². The second-order valence-electron chi connectivity index (χ2n) is 4.54. The predicted octanol–water partition coefficient (Wildman–Crippen LogP) is 0.0840. The van der Waals surface area contributed by atoms with Crippen molar-refractivity contribution >= 4 is 0 Å². The van der Waals surface area contributed by atoms with Crippen LogP contribution >= 0.6 is 0 Å². The molecule has 4 heteroatoms. The molecular formula is C11H22N2O2. The fraction of sp³-hybridized carbons (Fsp3) is 1.00. The number of ether oxygens (including phenoxy) is 2. The fourth-order valence-corrected chi connectivity index (χ4v) is 2.33. The molecule has 2 aliphatic heterocycles. The van der Waals surface area contributed by atoms with Crippen LogP contribution in [0.5, 0.6) is 0 Å². The zero-order valence-electron chi connectivity index (χ0n) is 9.74. The predicted molar refractivity (Wildman–Crippen MR) is 59.1 cm³/mol. The van der Waals surface area contributed by atoms with Crippen molar-refractivity contribution in [1.29, 1.82) is 0 Å². The van der Waals surface area contributed by atoms with Gasteiger partial charge in [0, 0.05) is 31.8 Å². The van der Waals surface area contributed by atoms with Crippen molar-refractivity contribution in [3.63, 3.8) is 0 Å². The lowest BCUT2D eigenvalue weighted by Gasteiger charge is -2.37. The van der Waals surface area contributed by atoms with E-state index in [0.717, 1.165) is 39.3 Å². The minimum absolute atomic E-state index is 0.323. The van der Waals surface area contributed by atoms with E-state index in [1.54, 1.807) is 0 Å². The maximum Gasteiger partial charge on any atom is 0.0852 e. The summed E-state index contributed by atoms with van der Waals surface area (Å²) < 4.78 is 11.2. The van der Waals surface area contributed by atoms with Crippen LogP contribution in [0.1, 0.15) is 13.3 Å². The van der Waals surface area contributed by atoms with Gasteiger partial charge in [0.05, 0.1) is 19.3 Å². The van der Waals surface area contributed by atoms with Gasteiger partial charge in [-0.15, -0.1) is 0 Å². The van der Waals surface area contributed by atoms with Crippen LogP contribution in [0.4, 0.5) is 0 Å². The molecule has 15 heavy (non-hydrogen) atoms. The summed E-state index contributed by atoms with van der Waals surface area (Å²) in [6, 6.07) is 1.04. The van der Waals surface area contributed by atoms with Crippen LogP contribution in [0, 0.1) is 0 Å². The highest BCUT2D eigenvalue weighted by Gasteiger charge is 2.29. The van der Waals surface area contributed by atoms with Crippen molar-refractivity contribution in [3.05, 3.63) is 0 Å². The van der Waals surface area contributed by atoms with E-state index in [1.807, 2.05) is 0 Å². The Kier molecular flexibility index (Phi) is 3.97. The zero-order valence-corrected chi connectivity index (χ0v) is 9.74. The van der Waals surface area contributed by atoms with E-state index in [0.29, 0.717) is 18.2 Å². The first kappa shape index (κ1) is 11.3. The molecule has 0 aromatic rings. The number of hydrogen-bond acceptors (Lipinski definition) is 4. The fourth-order valence-electron chi connectivity index (χ4n) is 2.33. The molecule has 2 heterocycles. The van der Waals surface area contributed by atoms with Crippen LogP contribution < -0.4 is 5.32 Å². The smallest absolute Gasteiger partial charge is 0.0852 e. The standard InChI is InChI=1S/C11H22N2O2/c1-9(11-7-12-4-6-15-11)13(2)10-3-5-14-8-10/h9-12H,3-8H2,1-2H3. The van der Waals surface area contributed by atoms with Crippen molar-refractivity contribution in [1.82, 2.24) is 10.2 Å². The first-order chi connectivity index (χ1) is 7.29. The second-order valence-corrected chi connectivity index (χ2v) is 4.54. The summed E-state index contributed by atoms with van der Waals surface area (Å²) in [5.74, 6) is 0. The van der Waals surface area contributed by atoms with Gasteiger partial charge in [0.25, 0.3) is 0 Å². The van der Waals surface area contributed by atoms with Gasteiger partial charge in [-0.3, -0.25) is 4.90 Å². The molecule has 0 aromatic carbocycles. The molecule has 0 spiro atoms. The van der Waals surface area contributed by atoms with E-state index in [1.165, 1.54) is 0 Å². The summed E-state index contributed by atoms with van der Waals surface area (Å²) in [5.41, 5.74) is 0. The topological polar surface area (TPSA) is 33.7 Å². The highest BCUT2D eigenvalue weighted by molar-refractivity contribution is 4.84. The van der Waals surface area contributed by atoms with Gasteiger partial charge in [-0.2, -0.15) is 0 Å². The van der Waals surface area contributed by atoms with Gasteiger partial charge in [0.2, 0.25) is 0 Å². The van der Waals surface area contributed by atoms with Crippen LogP contribution in [0.25, 0.3) is 0 Å². The van der Waals surface area contributed by atoms with Crippen molar-refractivity contribution in [2.75, 3.05) is 40.0 Å². The Morgan fingerprint density at radius 3 is 2.87 bits per heavy atom. The van der Waals surface area contributed by atoms with Gasteiger partial charge in [-0.1, -0.05) is 0 Å². The number of rotatable bonds is 3. The molecule has 2 rings (SSSR count). The number of likely N-dealkylation sites (N-methyl/N-ethyl adjacent to an activating group) is 1. The van der Waals surface area contributed by atoms with Crippen molar-refractivity contribution in [2.24, 2.45) is 0 Å². The largest absolute Gasteiger partial charge is 0.380 e. The summed E-state index contributed by atoms with van der Waals surface area (Å²) in [4.78, 5) is 2.41. The Morgan fingerprint density at radius 1 is 1.40 bits per heavy atom. The average Bonchev–Trinajstić information content (AvgIpc) is 2.82. The molecule has 4 nitrogen and oxygen atoms in total. The summed E-state index contributed by atoms with van der Waals surface area (Å²) in [6.45, 7) is 6.82. The monoisotopic (exact) mass is 214 g/mol. The molecule has 3 atom stereocenters. The minimum atomic E-state index is 0.323. The lowest BCUT2D eigenvalue weighted by atomic mass is 10.1. The van der Waals surface area contributed by atoms with Crippen LogP contribution in [0.2, 0.25) is 0 Å². The maximum absolute atomic E-state index is 5.78. The molecule has 2 saturated heterocycles. The van der Waals surface area contributed by atoms with Crippen molar-refractivity contribution in [2.45, 2.75) is 31.5 Å². The molecule has 0 radical (unpaired) electrons. The van der Waals surface area contributed by atoms with E-state index in [9.17, 15) is 0 Å². The minimum Gasteiger partial charge on any atom is -0.380 e. The van der Waals surface area contributed by atoms with Gasteiger partial charge in [0.1, 0.15) is 0 Å². The summed E-state index contributed by atoms with van der Waals surface area (Å²) in [6.07, 6.45) is 1.48. The van der Waals surface area contributed by atoms with Crippen LogP contribution in [0.3, 0.4) is 0 Å². The van der Waals surface area contributed by atoms with Crippen molar-refractivity contribution in [3.8, 4) is 0 Å².